The third kappa shape index (κ3) is 3.42. The summed E-state index contributed by atoms with van der Waals surface area (Å²) >= 11 is 0. The molecule has 5 heterocycles. The van der Waals surface area contributed by atoms with Crippen molar-refractivity contribution in [3.63, 3.8) is 0 Å². The van der Waals surface area contributed by atoms with Crippen molar-refractivity contribution in [1.82, 2.24) is 24.4 Å². The van der Waals surface area contributed by atoms with Crippen LogP contribution in [-0.2, 0) is 6.54 Å². The summed E-state index contributed by atoms with van der Waals surface area (Å²) in [6.07, 6.45) is 15.1. The van der Waals surface area contributed by atoms with Gasteiger partial charge in [-0.1, -0.05) is 24.3 Å². The number of fused-ring (bicyclic) bond motifs is 4. The zero-order valence-electron chi connectivity index (χ0n) is 20.0. The van der Waals surface area contributed by atoms with Gasteiger partial charge in [0, 0.05) is 52.3 Å². The fourth-order valence-corrected chi connectivity index (χ4v) is 5.34. The van der Waals surface area contributed by atoms with Crippen molar-refractivity contribution in [1.29, 1.82) is 0 Å². The molecule has 0 unspecified atom stereocenters. The first-order chi connectivity index (χ1) is 18.3. The first kappa shape index (κ1) is 21.2. The maximum absolute atomic E-state index is 5.72. The van der Waals surface area contributed by atoms with E-state index >= 15 is 0 Å². The molecule has 6 aromatic rings. The molecular weight excluding hydrogens is 456 g/mol. The molecule has 0 spiro atoms. The Morgan fingerprint density at radius 1 is 0.784 bits per heavy atom. The Morgan fingerprint density at radius 2 is 1.46 bits per heavy atom. The van der Waals surface area contributed by atoms with E-state index in [9.17, 15) is 0 Å². The van der Waals surface area contributed by atoms with E-state index in [2.05, 4.69) is 91.2 Å². The van der Waals surface area contributed by atoms with Crippen LogP contribution in [0.3, 0.4) is 0 Å². The van der Waals surface area contributed by atoms with Gasteiger partial charge in [0.25, 0.3) is 0 Å². The van der Waals surface area contributed by atoms with Crippen LogP contribution in [-0.4, -0.2) is 19.1 Å². The highest BCUT2D eigenvalue weighted by Crippen LogP contribution is 2.33. The number of rotatable bonds is 4. The summed E-state index contributed by atoms with van der Waals surface area (Å²) in [4.78, 5) is 8.71. The first-order valence-electron chi connectivity index (χ1n) is 12.2. The zero-order chi connectivity index (χ0) is 24.8. The van der Waals surface area contributed by atoms with Gasteiger partial charge in [-0.15, -0.1) is 0 Å². The highest BCUT2D eigenvalue weighted by atomic mass is 15.0. The van der Waals surface area contributed by atoms with E-state index in [0.29, 0.717) is 0 Å². The summed E-state index contributed by atoms with van der Waals surface area (Å²) in [6, 6.07) is 23.6. The molecule has 0 bridgehead atoms. The van der Waals surface area contributed by atoms with E-state index in [-0.39, 0.29) is 0 Å². The van der Waals surface area contributed by atoms with Gasteiger partial charge < -0.3 is 20.2 Å². The summed E-state index contributed by atoms with van der Waals surface area (Å²) in [5, 5.41) is 5.70. The van der Waals surface area contributed by atoms with Crippen molar-refractivity contribution in [2.45, 2.75) is 6.54 Å². The summed E-state index contributed by atoms with van der Waals surface area (Å²) in [5.74, 6) is 0. The third-order valence-corrected chi connectivity index (χ3v) is 7.04. The number of hydrogen-bond acceptors (Lipinski definition) is 4. The van der Waals surface area contributed by atoms with E-state index in [0.717, 1.165) is 51.2 Å². The Kier molecular flexibility index (Phi) is 4.89. The van der Waals surface area contributed by atoms with Crippen LogP contribution in [0.25, 0.3) is 56.5 Å². The molecule has 0 aliphatic carbocycles. The fourth-order valence-electron chi connectivity index (χ4n) is 5.34. The summed E-state index contributed by atoms with van der Waals surface area (Å²) in [7, 11) is 0. The molecule has 1 aliphatic rings. The predicted molar refractivity (Wildman–Crippen MR) is 150 cm³/mol. The van der Waals surface area contributed by atoms with E-state index in [1.807, 2.05) is 43.1 Å². The molecule has 0 fully saturated rings. The minimum atomic E-state index is 0.819. The first-order valence-corrected chi connectivity index (χ1v) is 12.2. The smallest absolute Gasteiger partial charge is 0.0721 e. The predicted octanol–water partition coefficient (Wildman–Crippen LogP) is 6.03. The topological polar surface area (TPSA) is 73.7 Å². The molecule has 37 heavy (non-hydrogen) atoms. The van der Waals surface area contributed by atoms with Crippen LogP contribution in [0.15, 0.2) is 104 Å². The number of benzene rings is 2. The molecule has 7 rings (SSSR count). The van der Waals surface area contributed by atoms with Gasteiger partial charge in [0.05, 0.1) is 29.1 Å². The van der Waals surface area contributed by atoms with Crippen LogP contribution in [0.4, 0.5) is 0 Å². The molecule has 6 nitrogen and oxygen atoms in total. The lowest BCUT2D eigenvalue weighted by Gasteiger charge is -2.14. The van der Waals surface area contributed by atoms with Gasteiger partial charge in [-0.3, -0.25) is 9.97 Å². The molecule has 0 atom stereocenters. The number of nitrogens with one attached hydrogen (secondary N) is 1. The van der Waals surface area contributed by atoms with Crippen LogP contribution in [0, 0.1) is 0 Å². The van der Waals surface area contributed by atoms with E-state index in [1.165, 1.54) is 16.6 Å². The van der Waals surface area contributed by atoms with Crippen molar-refractivity contribution in [3.05, 3.63) is 121 Å². The maximum Gasteiger partial charge on any atom is 0.0721 e. The van der Waals surface area contributed by atoms with Crippen LogP contribution < -0.4 is 11.1 Å². The van der Waals surface area contributed by atoms with Crippen molar-refractivity contribution in [2.24, 2.45) is 5.73 Å². The largest absolute Gasteiger partial charge is 0.405 e. The molecule has 0 radical (unpaired) electrons. The lowest BCUT2D eigenvalue weighted by Crippen LogP contribution is -2.10. The lowest BCUT2D eigenvalue weighted by atomic mass is 10.0. The number of nitrogens with zero attached hydrogens (tertiary/aromatic N) is 4. The van der Waals surface area contributed by atoms with Gasteiger partial charge in [0.2, 0.25) is 0 Å². The van der Waals surface area contributed by atoms with Crippen molar-refractivity contribution in [2.75, 3.05) is 0 Å². The Balaban J connectivity index is 1.26. The average Bonchev–Trinajstić information content (AvgIpc) is 3.49. The minimum absolute atomic E-state index is 0.819. The lowest BCUT2D eigenvalue weighted by molar-refractivity contribution is 0.855. The van der Waals surface area contributed by atoms with E-state index in [4.69, 9.17) is 5.73 Å². The molecule has 2 aromatic carbocycles. The molecule has 0 saturated carbocycles. The second kappa shape index (κ2) is 8.53. The monoisotopic (exact) mass is 480 g/mol. The summed E-state index contributed by atoms with van der Waals surface area (Å²) in [5.41, 5.74) is 15.9. The van der Waals surface area contributed by atoms with Crippen LogP contribution >= 0.6 is 0 Å². The third-order valence-electron chi connectivity index (χ3n) is 7.04. The van der Waals surface area contributed by atoms with Gasteiger partial charge in [-0.25, -0.2) is 0 Å². The molecule has 0 saturated heterocycles. The number of nitrogens with two attached hydrogens (primary N) is 1. The van der Waals surface area contributed by atoms with Crippen LogP contribution in [0.1, 0.15) is 17.0 Å². The summed E-state index contributed by atoms with van der Waals surface area (Å²) in [6.45, 7) is 0.819. The van der Waals surface area contributed by atoms with E-state index < -0.39 is 0 Å². The van der Waals surface area contributed by atoms with Crippen LogP contribution in [0.5, 0.6) is 0 Å². The highest BCUT2D eigenvalue weighted by Gasteiger charge is 2.18. The number of hydrogen-bond donors (Lipinski definition) is 2. The molecular formula is C31H24N6. The number of pyridine rings is 2. The molecule has 178 valence electrons. The molecule has 3 N–H and O–H groups in total. The van der Waals surface area contributed by atoms with Gasteiger partial charge in [0.15, 0.2) is 0 Å². The zero-order valence-corrected chi connectivity index (χ0v) is 20.0. The second-order valence-electron chi connectivity index (χ2n) is 9.10. The summed E-state index contributed by atoms with van der Waals surface area (Å²) < 4.78 is 4.47. The highest BCUT2D eigenvalue weighted by molar-refractivity contribution is 5.90. The van der Waals surface area contributed by atoms with Crippen LogP contribution in [0.2, 0.25) is 0 Å². The maximum atomic E-state index is 5.72. The molecule has 1 aliphatic heterocycles. The average molecular weight is 481 g/mol. The van der Waals surface area contributed by atoms with Crippen molar-refractivity contribution >= 4 is 34.0 Å². The standard InChI is InChI=1S/C31H24N6/c32-13-9-26-17-23-10-14-34-19-30(23)36(26)24-5-1-21(2-6-24)22-3-7-25(8-4-22)37-29-12-16-33-18-28(29)27-11-15-35-20-31(27)37/h1-17,19-20,33H,18,32H2/b13-9-. The SMILES string of the molecule is N/C=C\c1cc2ccncc2n1-c1ccc(-c2ccc(-n3c4c(c5ccncc53)CNC=C4)cc2)cc1. The molecule has 0 amide bonds. The Morgan fingerprint density at radius 3 is 2.19 bits per heavy atom. The molecule has 6 heteroatoms. The second-order valence-corrected chi connectivity index (χ2v) is 9.10. The van der Waals surface area contributed by atoms with Crippen molar-refractivity contribution in [3.8, 4) is 22.5 Å². The Bertz CT molecular complexity index is 1820. The number of aromatic nitrogens is 4. The quantitative estimate of drug-likeness (QED) is 0.323. The Labute approximate surface area is 214 Å². The minimum Gasteiger partial charge on any atom is -0.405 e. The van der Waals surface area contributed by atoms with Gasteiger partial charge in [-0.2, -0.15) is 0 Å². The normalized spacial score (nSPS) is 12.9. The van der Waals surface area contributed by atoms with Gasteiger partial charge in [-0.05, 0) is 78.1 Å². The van der Waals surface area contributed by atoms with E-state index in [1.54, 1.807) is 6.20 Å². The van der Waals surface area contributed by atoms with Gasteiger partial charge >= 0.3 is 0 Å². The van der Waals surface area contributed by atoms with Crippen molar-refractivity contribution < 1.29 is 0 Å². The fraction of sp³-hybridized carbons (Fsp3) is 0.0323. The molecule has 4 aromatic heterocycles. The Hall–Kier alpha value is -5.10. The van der Waals surface area contributed by atoms with Gasteiger partial charge in [0.1, 0.15) is 0 Å².